The number of hydrogen-bond donors (Lipinski definition) is 2. The highest BCUT2D eigenvalue weighted by Gasteiger charge is 2.18. The van der Waals surface area contributed by atoms with E-state index in [1.54, 1.807) is 18.2 Å². The first-order valence-corrected chi connectivity index (χ1v) is 10.2. The molecule has 30 heavy (non-hydrogen) atoms. The third-order valence-electron chi connectivity index (χ3n) is 3.72. The van der Waals surface area contributed by atoms with E-state index in [2.05, 4.69) is 20.5 Å². The van der Waals surface area contributed by atoms with Crippen LogP contribution >= 0.6 is 46.6 Å². The molecule has 0 saturated carbocycles. The Morgan fingerprint density at radius 1 is 1.27 bits per heavy atom. The van der Waals surface area contributed by atoms with Crippen molar-refractivity contribution in [3.63, 3.8) is 0 Å². The standard InChI is InChI=1S/C17H12Cl3N5O4S/c1-29-13-3-2-8(18)4-10(13)16-22-17(24-23-16)30-7-14(26)21-15-11(19)5-9(25(27)28)6-12(15)20/h2-6H,7H2,1H3,(H,21,26)(H,22,23,24). The van der Waals surface area contributed by atoms with E-state index < -0.39 is 10.8 Å². The van der Waals surface area contributed by atoms with Crippen molar-refractivity contribution in [2.75, 3.05) is 18.2 Å². The lowest BCUT2D eigenvalue weighted by Gasteiger charge is -2.08. The molecule has 0 bridgehead atoms. The summed E-state index contributed by atoms with van der Waals surface area (Å²) < 4.78 is 5.29. The Morgan fingerprint density at radius 2 is 1.97 bits per heavy atom. The number of halogens is 3. The number of thioether (sulfide) groups is 1. The Balaban J connectivity index is 1.67. The van der Waals surface area contributed by atoms with Crippen LogP contribution in [-0.4, -0.2) is 38.9 Å². The first kappa shape index (κ1) is 22.2. The number of rotatable bonds is 7. The molecule has 0 aliphatic rings. The van der Waals surface area contributed by atoms with Crippen LogP contribution in [0, 0.1) is 10.1 Å². The van der Waals surface area contributed by atoms with E-state index in [1.165, 1.54) is 7.11 Å². The third-order valence-corrected chi connectivity index (χ3v) is 5.39. The van der Waals surface area contributed by atoms with Gasteiger partial charge in [-0.1, -0.05) is 46.6 Å². The van der Waals surface area contributed by atoms with E-state index in [-0.39, 0.29) is 27.2 Å². The Bertz CT molecular complexity index is 1100. The highest BCUT2D eigenvalue weighted by atomic mass is 35.5. The fourth-order valence-electron chi connectivity index (χ4n) is 2.39. The SMILES string of the molecule is COc1ccc(Cl)cc1-c1nc(SCC(=O)Nc2c(Cl)cc([N+](=O)[O-])cc2Cl)n[nH]1. The lowest BCUT2D eigenvalue weighted by molar-refractivity contribution is -0.384. The molecule has 0 aliphatic heterocycles. The number of nitrogens with one attached hydrogen (secondary N) is 2. The second-order valence-electron chi connectivity index (χ2n) is 5.69. The predicted molar refractivity (Wildman–Crippen MR) is 116 cm³/mol. The normalized spacial score (nSPS) is 10.7. The molecule has 0 saturated heterocycles. The van der Waals surface area contributed by atoms with Gasteiger partial charge in [0.05, 0.1) is 39.1 Å². The van der Waals surface area contributed by atoms with Gasteiger partial charge in [0.25, 0.3) is 5.69 Å². The lowest BCUT2D eigenvalue weighted by atomic mass is 10.2. The monoisotopic (exact) mass is 487 g/mol. The molecule has 0 fully saturated rings. The average Bonchev–Trinajstić information content (AvgIpc) is 3.17. The van der Waals surface area contributed by atoms with E-state index in [0.29, 0.717) is 27.3 Å². The summed E-state index contributed by atoms with van der Waals surface area (Å²) in [5, 5.41) is 20.9. The van der Waals surface area contributed by atoms with Crippen LogP contribution in [0.5, 0.6) is 5.75 Å². The molecular formula is C17H12Cl3N5O4S. The number of amides is 1. The first-order valence-electron chi connectivity index (χ1n) is 8.11. The molecule has 0 aliphatic carbocycles. The summed E-state index contributed by atoms with van der Waals surface area (Å²) in [6, 6.07) is 7.29. The number of anilines is 1. The van der Waals surface area contributed by atoms with Gasteiger partial charge in [0.1, 0.15) is 5.75 Å². The number of aromatic nitrogens is 3. The zero-order chi connectivity index (χ0) is 21.8. The number of non-ortho nitro benzene ring substituents is 1. The number of nitro groups is 1. The van der Waals surface area contributed by atoms with Crippen LogP contribution in [-0.2, 0) is 4.79 Å². The topological polar surface area (TPSA) is 123 Å². The molecule has 3 aromatic rings. The van der Waals surface area contributed by atoms with Crippen molar-refractivity contribution in [1.29, 1.82) is 0 Å². The largest absolute Gasteiger partial charge is 0.496 e. The minimum absolute atomic E-state index is 0.0409. The first-order chi connectivity index (χ1) is 14.3. The molecule has 2 aromatic carbocycles. The number of nitrogens with zero attached hydrogens (tertiary/aromatic N) is 3. The lowest BCUT2D eigenvalue weighted by Crippen LogP contribution is -2.15. The number of benzene rings is 2. The minimum atomic E-state index is -0.630. The summed E-state index contributed by atoms with van der Waals surface area (Å²) in [6.45, 7) is 0. The Hall–Kier alpha value is -2.53. The van der Waals surface area contributed by atoms with E-state index in [9.17, 15) is 14.9 Å². The molecule has 13 heteroatoms. The highest BCUT2D eigenvalue weighted by molar-refractivity contribution is 7.99. The quantitative estimate of drug-likeness (QED) is 0.270. The molecule has 1 amide bonds. The molecule has 0 radical (unpaired) electrons. The number of H-pyrrole nitrogens is 1. The predicted octanol–water partition coefficient (Wildman–Crippen LogP) is 5.08. The van der Waals surface area contributed by atoms with Gasteiger partial charge in [0.15, 0.2) is 5.82 Å². The molecule has 1 heterocycles. The van der Waals surface area contributed by atoms with Crippen molar-refractivity contribution in [3.8, 4) is 17.1 Å². The summed E-state index contributed by atoms with van der Waals surface area (Å²) in [6.07, 6.45) is 0. The van der Waals surface area contributed by atoms with Gasteiger partial charge in [-0.3, -0.25) is 20.0 Å². The van der Waals surface area contributed by atoms with Crippen molar-refractivity contribution in [3.05, 3.63) is 55.5 Å². The minimum Gasteiger partial charge on any atom is -0.496 e. The average molecular weight is 489 g/mol. The van der Waals surface area contributed by atoms with Crippen LogP contribution in [0.25, 0.3) is 11.4 Å². The van der Waals surface area contributed by atoms with E-state index in [1.807, 2.05) is 0 Å². The number of carbonyl (C=O) groups is 1. The zero-order valence-electron chi connectivity index (χ0n) is 15.1. The number of hydrogen-bond acceptors (Lipinski definition) is 7. The molecule has 2 N–H and O–H groups in total. The van der Waals surface area contributed by atoms with E-state index in [4.69, 9.17) is 39.5 Å². The number of aromatic amines is 1. The second-order valence-corrected chi connectivity index (χ2v) is 7.88. The smallest absolute Gasteiger partial charge is 0.272 e. The number of methoxy groups -OCH3 is 1. The van der Waals surface area contributed by atoms with Crippen molar-refractivity contribution < 1.29 is 14.5 Å². The molecular weight excluding hydrogens is 477 g/mol. The highest BCUT2D eigenvalue weighted by Crippen LogP contribution is 2.35. The molecule has 3 rings (SSSR count). The molecule has 0 spiro atoms. The summed E-state index contributed by atoms with van der Waals surface area (Å²) >= 11 is 19.1. The second kappa shape index (κ2) is 9.52. The van der Waals surface area contributed by atoms with Gasteiger partial charge in [-0.2, -0.15) is 0 Å². The molecule has 0 atom stereocenters. The van der Waals surface area contributed by atoms with Gasteiger partial charge in [-0.25, -0.2) is 4.98 Å². The summed E-state index contributed by atoms with van der Waals surface area (Å²) in [5.41, 5.74) is 0.439. The maximum absolute atomic E-state index is 12.2. The molecule has 1 aromatic heterocycles. The van der Waals surface area contributed by atoms with Crippen LogP contribution in [0.2, 0.25) is 15.1 Å². The summed E-state index contributed by atoms with van der Waals surface area (Å²) in [7, 11) is 1.53. The van der Waals surface area contributed by atoms with Gasteiger partial charge in [0, 0.05) is 17.2 Å². The van der Waals surface area contributed by atoms with Gasteiger partial charge in [-0.15, -0.1) is 5.10 Å². The fourth-order valence-corrected chi connectivity index (χ4v) is 3.73. The van der Waals surface area contributed by atoms with Crippen molar-refractivity contribution in [2.24, 2.45) is 0 Å². The van der Waals surface area contributed by atoms with Crippen LogP contribution < -0.4 is 10.1 Å². The number of carbonyl (C=O) groups excluding carboxylic acids is 1. The van der Waals surface area contributed by atoms with Gasteiger partial charge < -0.3 is 10.1 Å². The summed E-state index contributed by atoms with van der Waals surface area (Å²) in [4.78, 5) is 26.8. The van der Waals surface area contributed by atoms with E-state index >= 15 is 0 Å². The number of ether oxygens (including phenoxy) is 1. The Kier molecular flexibility index (Phi) is 7.03. The Morgan fingerprint density at radius 3 is 2.60 bits per heavy atom. The zero-order valence-corrected chi connectivity index (χ0v) is 18.2. The van der Waals surface area contributed by atoms with Gasteiger partial charge in [0.2, 0.25) is 11.1 Å². The third kappa shape index (κ3) is 5.14. The molecule has 156 valence electrons. The van der Waals surface area contributed by atoms with Gasteiger partial charge >= 0.3 is 0 Å². The maximum Gasteiger partial charge on any atom is 0.272 e. The van der Waals surface area contributed by atoms with Crippen LogP contribution in [0.1, 0.15) is 0 Å². The van der Waals surface area contributed by atoms with Gasteiger partial charge in [-0.05, 0) is 18.2 Å². The van der Waals surface area contributed by atoms with Crippen LogP contribution in [0.15, 0.2) is 35.5 Å². The molecule has 9 nitrogen and oxygen atoms in total. The fraction of sp³-hybridized carbons (Fsp3) is 0.118. The van der Waals surface area contributed by atoms with Crippen LogP contribution in [0.3, 0.4) is 0 Å². The number of nitro benzene ring substituents is 1. The maximum atomic E-state index is 12.2. The Labute approximate surface area is 189 Å². The van der Waals surface area contributed by atoms with Crippen molar-refractivity contribution >= 4 is 63.8 Å². The van der Waals surface area contributed by atoms with E-state index in [0.717, 1.165) is 23.9 Å². The van der Waals surface area contributed by atoms with Crippen molar-refractivity contribution in [1.82, 2.24) is 15.2 Å². The molecule has 0 unspecified atom stereocenters. The summed E-state index contributed by atoms with van der Waals surface area (Å²) in [5.74, 6) is 0.503. The van der Waals surface area contributed by atoms with Crippen molar-refractivity contribution in [2.45, 2.75) is 5.16 Å². The van der Waals surface area contributed by atoms with Crippen LogP contribution in [0.4, 0.5) is 11.4 Å².